The topological polar surface area (TPSA) is 72.6 Å². The van der Waals surface area contributed by atoms with Crippen LogP contribution in [0.15, 0.2) is 22.6 Å². The Morgan fingerprint density at radius 3 is 2.68 bits per heavy atom. The molecule has 1 heterocycles. The maximum Gasteiger partial charge on any atom is 0.362 e. The highest BCUT2D eigenvalue weighted by molar-refractivity contribution is 5.88. The third kappa shape index (κ3) is 2.59. The molecule has 1 aromatic heterocycles. The Kier molecular flexibility index (Phi) is 3.55. The number of aromatic carboxylic acids is 1. The molecule has 0 fully saturated rings. The lowest BCUT2D eigenvalue weighted by molar-refractivity contribution is 0.0683. The number of carbonyl (C=O) groups is 1. The molecular weight excluding hydrogens is 246 g/mol. The van der Waals surface area contributed by atoms with Crippen LogP contribution in [-0.4, -0.2) is 22.7 Å². The molecule has 5 heteroatoms. The van der Waals surface area contributed by atoms with Crippen molar-refractivity contribution in [3.05, 3.63) is 35.0 Å². The van der Waals surface area contributed by atoms with Gasteiger partial charge in [-0.3, -0.25) is 0 Å². The second kappa shape index (κ2) is 5.14. The van der Waals surface area contributed by atoms with Crippen LogP contribution in [0, 0.1) is 13.8 Å². The van der Waals surface area contributed by atoms with Crippen molar-refractivity contribution in [1.82, 2.24) is 4.98 Å². The second-order valence-electron chi connectivity index (χ2n) is 4.19. The first kappa shape index (κ1) is 13.1. The summed E-state index contributed by atoms with van der Waals surface area (Å²) in [6.45, 7) is 6.05. The zero-order valence-electron chi connectivity index (χ0n) is 11.1. The van der Waals surface area contributed by atoms with E-state index >= 15 is 0 Å². The monoisotopic (exact) mass is 261 g/mol. The molecule has 0 spiro atoms. The lowest BCUT2D eigenvalue weighted by atomic mass is 10.1. The van der Waals surface area contributed by atoms with Gasteiger partial charge in [0.1, 0.15) is 0 Å². The molecule has 0 atom stereocenters. The minimum absolute atomic E-state index is 0.0526. The lowest BCUT2D eigenvalue weighted by Gasteiger charge is -2.01. The first-order valence-corrected chi connectivity index (χ1v) is 5.97. The summed E-state index contributed by atoms with van der Waals surface area (Å²) >= 11 is 0. The summed E-state index contributed by atoms with van der Waals surface area (Å²) in [6.07, 6.45) is 0. The summed E-state index contributed by atoms with van der Waals surface area (Å²) in [5.41, 5.74) is 2.77. The number of oxazole rings is 1. The average molecular weight is 261 g/mol. The first-order valence-electron chi connectivity index (χ1n) is 5.97. The Morgan fingerprint density at radius 1 is 1.37 bits per heavy atom. The summed E-state index contributed by atoms with van der Waals surface area (Å²) in [6, 6.07) is 5.69. The Bertz CT molecular complexity index is 616. The quantitative estimate of drug-likeness (QED) is 0.915. The maximum absolute atomic E-state index is 11.1. The SMILES string of the molecule is CCOc1oc(-c2ccc(C)c(C)c2)nc1C(=O)O. The number of ether oxygens (including phenoxy) is 1. The number of rotatable bonds is 4. The van der Waals surface area contributed by atoms with Crippen molar-refractivity contribution in [1.29, 1.82) is 0 Å². The van der Waals surface area contributed by atoms with Crippen molar-refractivity contribution < 1.29 is 19.1 Å². The van der Waals surface area contributed by atoms with Crippen LogP contribution in [0.25, 0.3) is 11.5 Å². The smallest absolute Gasteiger partial charge is 0.362 e. The van der Waals surface area contributed by atoms with Crippen molar-refractivity contribution in [3.8, 4) is 17.4 Å². The van der Waals surface area contributed by atoms with Crippen LogP contribution < -0.4 is 4.74 Å². The predicted molar refractivity (Wildman–Crippen MR) is 69.5 cm³/mol. The summed E-state index contributed by atoms with van der Waals surface area (Å²) in [4.78, 5) is 15.0. The fourth-order valence-corrected chi connectivity index (χ4v) is 1.67. The average Bonchev–Trinajstić information content (AvgIpc) is 2.77. The number of hydrogen-bond donors (Lipinski definition) is 1. The summed E-state index contributed by atoms with van der Waals surface area (Å²) < 4.78 is 10.5. The van der Waals surface area contributed by atoms with E-state index < -0.39 is 5.97 Å². The molecule has 0 aliphatic heterocycles. The van der Waals surface area contributed by atoms with Crippen molar-refractivity contribution in [2.45, 2.75) is 20.8 Å². The normalized spacial score (nSPS) is 10.5. The van der Waals surface area contributed by atoms with Gasteiger partial charge < -0.3 is 14.3 Å². The molecule has 0 radical (unpaired) electrons. The third-order valence-electron chi connectivity index (χ3n) is 2.83. The highest BCUT2D eigenvalue weighted by Crippen LogP contribution is 2.28. The maximum atomic E-state index is 11.1. The molecule has 19 heavy (non-hydrogen) atoms. The van der Waals surface area contributed by atoms with E-state index in [2.05, 4.69) is 4.98 Å². The Labute approximate surface area is 110 Å². The van der Waals surface area contributed by atoms with Gasteiger partial charge in [-0.15, -0.1) is 0 Å². The highest BCUT2D eigenvalue weighted by Gasteiger charge is 2.21. The Balaban J connectivity index is 2.47. The van der Waals surface area contributed by atoms with Gasteiger partial charge in [-0.2, -0.15) is 4.98 Å². The van der Waals surface area contributed by atoms with Gasteiger partial charge in [-0.25, -0.2) is 4.79 Å². The number of carboxylic acid groups (broad SMARTS) is 1. The van der Waals surface area contributed by atoms with Gasteiger partial charge in [-0.05, 0) is 44.0 Å². The summed E-state index contributed by atoms with van der Waals surface area (Å²) in [5, 5.41) is 9.05. The number of aromatic nitrogens is 1. The van der Waals surface area contributed by atoms with Gasteiger partial charge in [0.15, 0.2) is 0 Å². The Morgan fingerprint density at radius 2 is 2.11 bits per heavy atom. The number of aryl methyl sites for hydroxylation is 2. The molecule has 0 aliphatic rings. The summed E-state index contributed by atoms with van der Waals surface area (Å²) in [5.74, 6) is -0.963. The molecular formula is C14H15NO4. The van der Waals surface area contributed by atoms with Gasteiger partial charge in [0.2, 0.25) is 11.6 Å². The largest absolute Gasteiger partial charge is 0.476 e. The molecule has 100 valence electrons. The number of benzene rings is 1. The Hall–Kier alpha value is -2.30. The van der Waals surface area contributed by atoms with E-state index in [1.807, 2.05) is 32.0 Å². The van der Waals surface area contributed by atoms with E-state index in [4.69, 9.17) is 14.3 Å². The van der Waals surface area contributed by atoms with Crippen LogP contribution in [0.4, 0.5) is 0 Å². The molecule has 0 aliphatic carbocycles. The molecule has 0 bridgehead atoms. The third-order valence-corrected chi connectivity index (χ3v) is 2.83. The van der Waals surface area contributed by atoms with E-state index in [1.54, 1.807) is 6.92 Å². The van der Waals surface area contributed by atoms with E-state index in [0.717, 1.165) is 16.7 Å². The summed E-state index contributed by atoms with van der Waals surface area (Å²) in [7, 11) is 0. The predicted octanol–water partition coefficient (Wildman–Crippen LogP) is 3.06. The zero-order chi connectivity index (χ0) is 14.0. The van der Waals surface area contributed by atoms with Crippen LogP contribution in [0.3, 0.4) is 0 Å². The van der Waals surface area contributed by atoms with E-state index in [1.165, 1.54) is 0 Å². The highest BCUT2D eigenvalue weighted by atomic mass is 16.6. The minimum Gasteiger partial charge on any atom is -0.476 e. The fourth-order valence-electron chi connectivity index (χ4n) is 1.67. The molecule has 1 aromatic carbocycles. The second-order valence-corrected chi connectivity index (χ2v) is 4.19. The van der Waals surface area contributed by atoms with Gasteiger partial charge in [0.25, 0.3) is 0 Å². The molecule has 0 saturated heterocycles. The van der Waals surface area contributed by atoms with Crippen molar-refractivity contribution in [2.24, 2.45) is 0 Å². The number of nitrogens with zero attached hydrogens (tertiary/aromatic N) is 1. The standard InChI is InChI=1S/C14H15NO4/c1-4-18-14-11(13(16)17)15-12(19-14)10-6-5-8(2)9(3)7-10/h5-7H,4H2,1-3H3,(H,16,17). The molecule has 2 rings (SSSR count). The van der Waals surface area contributed by atoms with Crippen molar-refractivity contribution >= 4 is 5.97 Å². The molecule has 0 amide bonds. The van der Waals surface area contributed by atoms with Gasteiger partial charge in [0.05, 0.1) is 6.61 Å². The molecule has 0 saturated carbocycles. The van der Waals surface area contributed by atoms with E-state index in [9.17, 15) is 4.79 Å². The molecule has 1 N–H and O–H groups in total. The van der Waals surface area contributed by atoms with Crippen LogP contribution in [0.2, 0.25) is 0 Å². The van der Waals surface area contributed by atoms with Gasteiger partial charge >= 0.3 is 11.9 Å². The van der Waals surface area contributed by atoms with Crippen LogP contribution in [-0.2, 0) is 0 Å². The molecule has 0 unspecified atom stereocenters. The first-order chi connectivity index (χ1) is 9.02. The number of hydrogen-bond acceptors (Lipinski definition) is 4. The fraction of sp³-hybridized carbons (Fsp3) is 0.286. The van der Waals surface area contributed by atoms with Gasteiger partial charge in [0, 0.05) is 5.56 Å². The number of carboxylic acids is 1. The zero-order valence-corrected chi connectivity index (χ0v) is 11.1. The van der Waals surface area contributed by atoms with Crippen molar-refractivity contribution in [3.63, 3.8) is 0 Å². The van der Waals surface area contributed by atoms with E-state index in [-0.39, 0.29) is 17.5 Å². The van der Waals surface area contributed by atoms with Crippen LogP contribution >= 0.6 is 0 Å². The van der Waals surface area contributed by atoms with E-state index in [0.29, 0.717) is 6.61 Å². The molecule has 2 aromatic rings. The van der Waals surface area contributed by atoms with Gasteiger partial charge in [-0.1, -0.05) is 6.07 Å². The lowest BCUT2D eigenvalue weighted by Crippen LogP contribution is -2.01. The van der Waals surface area contributed by atoms with Crippen molar-refractivity contribution in [2.75, 3.05) is 6.61 Å². The molecule has 5 nitrogen and oxygen atoms in total. The van der Waals surface area contributed by atoms with Crippen LogP contribution in [0.1, 0.15) is 28.5 Å². The van der Waals surface area contributed by atoms with Crippen LogP contribution in [0.5, 0.6) is 5.95 Å². The minimum atomic E-state index is -1.16.